The quantitative estimate of drug-likeness (QED) is 0.820. The molecule has 0 aliphatic carbocycles. The van der Waals surface area contributed by atoms with Crippen molar-refractivity contribution in [2.75, 3.05) is 0 Å². The van der Waals surface area contributed by atoms with Crippen molar-refractivity contribution in [2.45, 2.75) is 32.4 Å². The average molecular weight is 250 g/mol. The summed E-state index contributed by atoms with van der Waals surface area (Å²) >= 11 is 0. The highest BCUT2D eigenvalue weighted by Gasteiger charge is 2.42. The molecule has 0 saturated carbocycles. The van der Waals surface area contributed by atoms with Crippen LogP contribution in [0.15, 0.2) is 23.5 Å². The lowest BCUT2D eigenvalue weighted by Gasteiger charge is -2.21. The molecule has 1 unspecified atom stereocenters. The van der Waals surface area contributed by atoms with Crippen molar-refractivity contribution in [3.8, 4) is 0 Å². The van der Waals surface area contributed by atoms with Crippen molar-refractivity contribution in [3.05, 3.63) is 29.8 Å². The van der Waals surface area contributed by atoms with Gasteiger partial charge in [0.15, 0.2) is 5.96 Å². The standard InChI is InChI=1S/C12H15FN4O/c1-7(2)15-11-16-10(18)12(3,17-11)8-4-9(13)6-14-5-8/h4-7H,1-3H3,(H2,15,16,17,18). The van der Waals surface area contributed by atoms with Gasteiger partial charge in [-0.1, -0.05) is 0 Å². The Balaban J connectivity index is 2.35. The van der Waals surface area contributed by atoms with Crippen LogP contribution >= 0.6 is 0 Å². The zero-order chi connectivity index (χ0) is 13.3. The molecule has 18 heavy (non-hydrogen) atoms. The highest BCUT2D eigenvalue weighted by Crippen LogP contribution is 2.24. The van der Waals surface area contributed by atoms with Crippen LogP contribution in [0.3, 0.4) is 0 Å². The number of rotatable bonds is 2. The Morgan fingerprint density at radius 3 is 2.78 bits per heavy atom. The summed E-state index contributed by atoms with van der Waals surface area (Å²) < 4.78 is 13.2. The molecular formula is C12H15FN4O. The molecule has 1 aliphatic heterocycles. The maximum absolute atomic E-state index is 13.2. The molecule has 1 aliphatic rings. The minimum Gasteiger partial charge on any atom is -0.338 e. The summed E-state index contributed by atoms with van der Waals surface area (Å²) in [5, 5.41) is 5.62. The lowest BCUT2D eigenvalue weighted by molar-refractivity contribution is -0.123. The summed E-state index contributed by atoms with van der Waals surface area (Å²) in [6, 6.07) is 1.35. The van der Waals surface area contributed by atoms with Gasteiger partial charge < -0.3 is 5.32 Å². The zero-order valence-electron chi connectivity index (χ0n) is 10.5. The summed E-state index contributed by atoms with van der Waals surface area (Å²) in [7, 11) is 0. The number of nitrogens with one attached hydrogen (secondary N) is 2. The first-order valence-electron chi connectivity index (χ1n) is 5.70. The van der Waals surface area contributed by atoms with E-state index >= 15 is 0 Å². The van der Waals surface area contributed by atoms with Crippen LogP contribution in [0, 0.1) is 5.82 Å². The zero-order valence-corrected chi connectivity index (χ0v) is 10.5. The van der Waals surface area contributed by atoms with Crippen LogP contribution in [0.1, 0.15) is 26.3 Å². The molecule has 6 heteroatoms. The third kappa shape index (κ3) is 2.18. The molecule has 1 amide bonds. The molecule has 2 heterocycles. The lowest BCUT2D eigenvalue weighted by atomic mass is 9.94. The maximum Gasteiger partial charge on any atom is 0.256 e. The summed E-state index contributed by atoms with van der Waals surface area (Å²) in [6.07, 6.45) is 2.57. The third-order valence-corrected chi connectivity index (χ3v) is 2.72. The number of carbonyl (C=O) groups is 1. The van der Waals surface area contributed by atoms with Gasteiger partial charge >= 0.3 is 0 Å². The van der Waals surface area contributed by atoms with Crippen molar-refractivity contribution < 1.29 is 9.18 Å². The van der Waals surface area contributed by atoms with Gasteiger partial charge in [0.05, 0.1) is 6.20 Å². The SMILES string of the molecule is CC(C)N=C1NC(=O)C(C)(c2cncc(F)c2)N1. The molecule has 1 fully saturated rings. The largest absolute Gasteiger partial charge is 0.338 e. The maximum atomic E-state index is 13.2. The number of hydrogen-bond donors (Lipinski definition) is 2. The third-order valence-electron chi connectivity index (χ3n) is 2.72. The monoisotopic (exact) mass is 250 g/mol. The lowest BCUT2D eigenvalue weighted by Crippen LogP contribution is -2.41. The van der Waals surface area contributed by atoms with Crippen molar-refractivity contribution in [3.63, 3.8) is 0 Å². The van der Waals surface area contributed by atoms with Crippen LogP contribution < -0.4 is 10.6 Å². The fourth-order valence-corrected chi connectivity index (χ4v) is 1.77. The van der Waals surface area contributed by atoms with E-state index < -0.39 is 11.4 Å². The van der Waals surface area contributed by atoms with E-state index in [2.05, 4.69) is 20.6 Å². The van der Waals surface area contributed by atoms with E-state index in [0.717, 1.165) is 6.20 Å². The van der Waals surface area contributed by atoms with Gasteiger partial charge in [0.1, 0.15) is 11.4 Å². The van der Waals surface area contributed by atoms with E-state index in [1.165, 1.54) is 12.3 Å². The molecule has 0 aromatic carbocycles. The Bertz CT molecular complexity index is 515. The molecule has 0 bridgehead atoms. The smallest absolute Gasteiger partial charge is 0.256 e. The normalized spacial score (nSPS) is 25.4. The van der Waals surface area contributed by atoms with Crippen LogP contribution in [0.2, 0.25) is 0 Å². The first-order valence-corrected chi connectivity index (χ1v) is 5.70. The Labute approximate surface area is 105 Å². The van der Waals surface area contributed by atoms with Gasteiger partial charge in [0, 0.05) is 17.8 Å². The molecule has 5 nitrogen and oxygen atoms in total. The first kappa shape index (κ1) is 12.5. The predicted molar refractivity (Wildman–Crippen MR) is 65.4 cm³/mol. The van der Waals surface area contributed by atoms with E-state index in [9.17, 15) is 9.18 Å². The van der Waals surface area contributed by atoms with Gasteiger partial charge in [-0.25, -0.2) is 4.39 Å². The molecule has 1 aromatic heterocycles. The fourth-order valence-electron chi connectivity index (χ4n) is 1.77. The second-order valence-electron chi connectivity index (χ2n) is 4.67. The number of hydrogen-bond acceptors (Lipinski definition) is 3. The molecular weight excluding hydrogens is 235 g/mol. The molecule has 2 rings (SSSR count). The van der Waals surface area contributed by atoms with Crippen molar-refractivity contribution >= 4 is 11.9 Å². The number of pyridine rings is 1. The number of carbonyl (C=O) groups excluding carboxylic acids is 1. The average Bonchev–Trinajstić information content (AvgIpc) is 2.54. The summed E-state index contributed by atoms with van der Waals surface area (Å²) in [4.78, 5) is 20.0. The second-order valence-corrected chi connectivity index (χ2v) is 4.67. The van der Waals surface area contributed by atoms with Gasteiger partial charge in [0.25, 0.3) is 5.91 Å². The number of guanidine groups is 1. The van der Waals surface area contributed by atoms with E-state index in [0.29, 0.717) is 11.5 Å². The van der Waals surface area contributed by atoms with Crippen LogP contribution in [0.4, 0.5) is 4.39 Å². The highest BCUT2D eigenvalue weighted by molar-refractivity contribution is 6.09. The summed E-state index contributed by atoms with van der Waals surface area (Å²) in [5.41, 5.74) is -0.572. The second kappa shape index (κ2) is 4.36. The highest BCUT2D eigenvalue weighted by atomic mass is 19.1. The van der Waals surface area contributed by atoms with Crippen LogP contribution in [0.25, 0.3) is 0 Å². The molecule has 0 spiro atoms. The van der Waals surface area contributed by atoms with Gasteiger partial charge in [-0.15, -0.1) is 0 Å². The molecule has 1 saturated heterocycles. The molecule has 96 valence electrons. The van der Waals surface area contributed by atoms with Crippen LogP contribution in [0.5, 0.6) is 0 Å². The Morgan fingerprint density at radius 1 is 1.44 bits per heavy atom. The van der Waals surface area contributed by atoms with Crippen molar-refractivity contribution in [1.29, 1.82) is 0 Å². The predicted octanol–water partition coefficient (Wildman–Crippen LogP) is 0.920. The van der Waals surface area contributed by atoms with Gasteiger partial charge in [-0.05, 0) is 26.8 Å². The van der Waals surface area contributed by atoms with Crippen LogP contribution in [-0.4, -0.2) is 22.9 Å². The minimum absolute atomic E-state index is 0.0563. The number of halogens is 1. The van der Waals surface area contributed by atoms with Crippen molar-refractivity contribution in [2.24, 2.45) is 4.99 Å². The Kier molecular flexibility index (Phi) is 3.02. The Hall–Kier alpha value is -1.98. The van der Waals surface area contributed by atoms with Gasteiger partial charge in [0.2, 0.25) is 0 Å². The number of nitrogens with zero attached hydrogens (tertiary/aromatic N) is 2. The molecule has 0 radical (unpaired) electrons. The van der Waals surface area contributed by atoms with Gasteiger partial charge in [-0.3, -0.25) is 20.1 Å². The molecule has 2 N–H and O–H groups in total. The number of amides is 1. The van der Waals surface area contributed by atoms with E-state index in [1.807, 2.05) is 13.8 Å². The van der Waals surface area contributed by atoms with Crippen LogP contribution in [-0.2, 0) is 10.3 Å². The summed E-state index contributed by atoms with van der Waals surface area (Å²) in [6.45, 7) is 5.47. The molecule has 1 aromatic rings. The van der Waals surface area contributed by atoms with E-state index in [-0.39, 0.29) is 11.9 Å². The number of aliphatic imine (C=N–C) groups is 1. The first-order chi connectivity index (χ1) is 8.41. The van der Waals surface area contributed by atoms with Gasteiger partial charge in [-0.2, -0.15) is 0 Å². The fraction of sp³-hybridized carbons (Fsp3) is 0.417. The molecule has 1 atom stereocenters. The number of aromatic nitrogens is 1. The van der Waals surface area contributed by atoms with E-state index in [1.54, 1.807) is 6.92 Å². The Morgan fingerprint density at radius 2 is 2.17 bits per heavy atom. The minimum atomic E-state index is -1.04. The van der Waals surface area contributed by atoms with Crippen molar-refractivity contribution in [1.82, 2.24) is 15.6 Å². The topological polar surface area (TPSA) is 66.4 Å². The summed E-state index contributed by atoms with van der Waals surface area (Å²) in [5.74, 6) is -0.339. The van der Waals surface area contributed by atoms with E-state index in [4.69, 9.17) is 0 Å².